The van der Waals surface area contributed by atoms with Gasteiger partial charge in [0.05, 0.1) is 30.5 Å². The third-order valence-corrected chi connectivity index (χ3v) is 8.01. The van der Waals surface area contributed by atoms with E-state index in [2.05, 4.69) is 38.5 Å². The van der Waals surface area contributed by atoms with Crippen LogP contribution in [-0.4, -0.2) is 55.3 Å². The molecular formula is C30H35FN6O3S. The lowest BCUT2D eigenvalue weighted by Crippen LogP contribution is -2.45. The van der Waals surface area contributed by atoms with Crippen LogP contribution in [-0.2, 0) is 9.53 Å². The molecule has 216 valence electrons. The van der Waals surface area contributed by atoms with Crippen molar-refractivity contribution < 1.29 is 18.7 Å². The molecule has 3 aliphatic heterocycles. The summed E-state index contributed by atoms with van der Waals surface area (Å²) in [6, 6.07) is 11.6. The Morgan fingerprint density at radius 1 is 1.17 bits per heavy atom. The molecule has 4 N–H and O–H groups in total. The van der Waals surface area contributed by atoms with Gasteiger partial charge in [0.1, 0.15) is 11.9 Å². The normalized spacial score (nSPS) is 25.4. The number of nitrogens with one attached hydrogen (secondary N) is 2. The summed E-state index contributed by atoms with van der Waals surface area (Å²) >= 11 is 1.58. The largest absolute Gasteiger partial charge is 0.454 e. The zero-order valence-electron chi connectivity index (χ0n) is 23.2. The molecule has 3 heterocycles. The van der Waals surface area contributed by atoms with Crippen LogP contribution in [0.25, 0.3) is 0 Å². The van der Waals surface area contributed by atoms with Gasteiger partial charge in [0.15, 0.2) is 17.3 Å². The number of hydrogen-bond acceptors (Lipinski definition) is 10. The number of Topliss-reactive ketones (excluding diaryl/α,β-unsaturated/α-hetero) is 1. The highest BCUT2D eigenvalue weighted by molar-refractivity contribution is 7.95. The maximum atomic E-state index is 14.0. The number of nitrogens with zero attached hydrogens (tertiary/aromatic N) is 3. The number of ketones is 1. The molecule has 41 heavy (non-hydrogen) atoms. The molecule has 2 atom stereocenters. The molecule has 0 radical (unpaired) electrons. The quantitative estimate of drug-likeness (QED) is 0.394. The van der Waals surface area contributed by atoms with Gasteiger partial charge in [-0.2, -0.15) is 5.10 Å². The number of hydrazone groups is 1. The van der Waals surface area contributed by atoms with Gasteiger partial charge in [-0.3, -0.25) is 4.79 Å². The Balaban J connectivity index is 1.21. The van der Waals surface area contributed by atoms with Gasteiger partial charge in [0.25, 0.3) is 0 Å². The molecule has 0 spiro atoms. The van der Waals surface area contributed by atoms with E-state index in [0.717, 1.165) is 48.8 Å². The van der Waals surface area contributed by atoms with Crippen LogP contribution in [0, 0.1) is 18.7 Å². The molecule has 0 bridgehead atoms. The Kier molecular flexibility index (Phi) is 9.40. The maximum absolute atomic E-state index is 14.0. The first-order chi connectivity index (χ1) is 19.9. The fraction of sp³-hybridized carbons (Fsp3) is 0.333. The first-order valence-corrected chi connectivity index (χ1v) is 14.4. The SMILES string of the molecule is CC1=C/C/C=C(/C(=O)C2C=NN(c3ccc(Oc4ccccc4F)cc3C)C2N)NC/C=C\1NSN1CCOCC1. The topological polar surface area (TPSA) is 104 Å². The van der Waals surface area contributed by atoms with Gasteiger partial charge in [0, 0.05) is 43.7 Å². The lowest BCUT2D eigenvalue weighted by Gasteiger charge is -2.26. The number of benzene rings is 2. The molecule has 1 fully saturated rings. The van der Waals surface area contributed by atoms with Crippen molar-refractivity contribution in [1.29, 1.82) is 0 Å². The summed E-state index contributed by atoms with van der Waals surface area (Å²) in [5, 5.41) is 9.42. The van der Waals surface area contributed by atoms with Crippen molar-refractivity contribution in [1.82, 2.24) is 14.3 Å². The Labute approximate surface area is 244 Å². The molecule has 0 aliphatic carbocycles. The first kappa shape index (κ1) is 28.9. The fourth-order valence-corrected chi connectivity index (χ4v) is 5.51. The number of aryl methyl sites for hydroxylation is 1. The van der Waals surface area contributed by atoms with Crippen molar-refractivity contribution in [3.63, 3.8) is 0 Å². The minimum Gasteiger partial charge on any atom is -0.454 e. The van der Waals surface area contributed by atoms with E-state index in [1.807, 2.05) is 19.1 Å². The Hall–Kier alpha value is -3.64. The van der Waals surface area contributed by atoms with Gasteiger partial charge in [-0.1, -0.05) is 24.3 Å². The number of anilines is 1. The molecule has 1 saturated heterocycles. The number of halogens is 1. The minimum atomic E-state index is -0.676. The van der Waals surface area contributed by atoms with Crippen molar-refractivity contribution in [2.24, 2.45) is 16.8 Å². The van der Waals surface area contributed by atoms with Gasteiger partial charge in [-0.25, -0.2) is 13.7 Å². The summed E-state index contributed by atoms with van der Waals surface area (Å²) in [6.07, 6.45) is 7.59. The van der Waals surface area contributed by atoms with Crippen LogP contribution in [0.4, 0.5) is 10.1 Å². The highest BCUT2D eigenvalue weighted by atomic mass is 32.2. The average Bonchev–Trinajstić information content (AvgIpc) is 3.39. The van der Waals surface area contributed by atoms with Crippen LogP contribution in [0.15, 0.2) is 82.8 Å². The number of ether oxygens (including phenoxy) is 2. The van der Waals surface area contributed by atoms with E-state index in [1.54, 1.807) is 53.7 Å². The lowest BCUT2D eigenvalue weighted by molar-refractivity contribution is -0.117. The van der Waals surface area contributed by atoms with Gasteiger partial charge in [-0.05, 0) is 67.8 Å². The Bertz CT molecular complexity index is 1390. The summed E-state index contributed by atoms with van der Waals surface area (Å²) in [7, 11) is 0. The molecule has 2 aromatic rings. The summed E-state index contributed by atoms with van der Waals surface area (Å²) in [4.78, 5) is 13.6. The Morgan fingerprint density at radius 2 is 1.98 bits per heavy atom. The van der Waals surface area contributed by atoms with Crippen molar-refractivity contribution in [2.75, 3.05) is 37.9 Å². The maximum Gasteiger partial charge on any atom is 0.190 e. The molecule has 0 amide bonds. The number of rotatable bonds is 8. The van der Waals surface area contributed by atoms with E-state index < -0.39 is 17.9 Å². The predicted molar refractivity (Wildman–Crippen MR) is 161 cm³/mol. The zero-order chi connectivity index (χ0) is 28.8. The fourth-order valence-electron chi connectivity index (χ4n) is 4.71. The molecule has 0 aromatic heterocycles. The second-order valence-electron chi connectivity index (χ2n) is 9.94. The van der Waals surface area contributed by atoms with Crippen LogP contribution in [0.2, 0.25) is 0 Å². The van der Waals surface area contributed by atoms with Gasteiger partial charge < -0.3 is 25.2 Å². The van der Waals surface area contributed by atoms with Crippen molar-refractivity contribution in [2.45, 2.75) is 26.4 Å². The summed E-state index contributed by atoms with van der Waals surface area (Å²) < 4.78 is 30.8. The summed E-state index contributed by atoms with van der Waals surface area (Å²) in [5.74, 6) is -0.522. The minimum absolute atomic E-state index is 0.112. The highest BCUT2D eigenvalue weighted by Gasteiger charge is 2.36. The number of hydrogen-bond donors (Lipinski definition) is 3. The highest BCUT2D eigenvalue weighted by Crippen LogP contribution is 2.32. The third kappa shape index (κ3) is 6.99. The molecule has 2 aromatic carbocycles. The molecule has 0 saturated carbocycles. The summed E-state index contributed by atoms with van der Waals surface area (Å²) in [6.45, 7) is 7.66. The van der Waals surface area contributed by atoms with Crippen molar-refractivity contribution >= 4 is 29.8 Å². The van der Waals surface area contributed by atoms with E-state index in [9.17, 15) is 9.18 Å². The monoisotopic (exact) mass is 578 g/mol. The number of carbonyl (C=O) groups excluding carboxylic acids is 1. The van der Waals surface area contributed by atoms with Crippen molar-refractivity contribution in [3.8, 4) is 11.5 Å². The van der Waals surface area contributed by atoms with Crippen LogP contribution < -0.4 is 25.5 Å². The van der Waals surface area contributed by atoms with Crippen LogP contribution in [0.3, 0.4) is 0 Å². The molecule has 5 rings (SSSR count). The second-order valence-corrected chi connectivity index (χ2v) is 10.8. The first-order valence-electron chi connectivity index (χ1n) is 13.6. The number of carbonyl (C=O) groups is 1. The molecule has 11 heteroatoms. The summed E-state index contributed by atoms with van der Waals surface area (Å²) in [5.41, 5.74) is 10.8. The van der Waals surface area contributed by atoms with Crippen LogP contribution in [0.1, 0.15) is 18.9 Å². The number of para-hydroxylation sites is 1. The standard InChI is InChI=1S/C30H35FN6O3S/c1-20-6-5-8-26(33-13-12-25(20)35-41-36-14-16-39-17-15-36)29(38)23-19-34-37(30(23)32)27-11-10-22(18-21(27)2)40-28-9-4-3-7-24(28)31/h3-4,6-12,18-19,23,30,33,35H,5,13-17,32H2,1-2H3/b20-6-,25-12+,26-8-. The molecule has 9 nitrogen and oxygen atoms in total. The zero-order valence-corrected chi connectivity index (χ0v) is 24.0. The number of nitrogens with two attached hydrogens (primary N) is 1. The van der Waals surface area contributed by atoms with Crippen LogP contribution in [0.5, 0.6) is 11.5 Å². The van der Waals surface area contributed by atoms with Gasteiger partial charge >= 0.3 is 0 Å². The van der Waals surface area contributed by atoms with Gasteiger partial charge in [-0.15, -0.1) is 0 Å². The molecular weight excluding hydrogens is 543 g/mol. The van der Waals surface area contributed by atoms with Crippen LogP contribution >= 0.6 is 12.1 Å². The van der Waals surface area contributed by atoms with E-state index in [1.165, 1.54) is 6.07 Å². The predicted octanol–water partition coefficient (Wildman–Crippen LogP) is 4.39. The Morgan fingerprint density at radius 3 is 2.76 bits per heavy atom. The van der Waals surface area contributed by atoms with Crippen molar-refractivity contribution in [3.05, 3.63) is 89.0 Å². The molecule has 2 unspecified atom stereocenters. The van der Waals surface area contributed by atoms with E-state index in [-0.39, 0.29) is 11.5 Å². The van der Waals surface area contributed by atoms with E-state index in [0.29, 0.717) is 24.4 Å². The molecule has 3 aliphatic rings. The number of morpholine rings is 1. The second kappa shape index (κ2) is 13.3. The van der Waals surface area contributed by atoms with E-state index >= 15 is 0 Å². The number of allylic oxidation sites excluding steroid dienone is 4. The van der Waals surface area contributed by atoms with Gasteiger partial charge in [0.2, 0.25) is 0 Å². The third-order valence-electron chi connectivity index (χ3n) is 7.07. The van der Waals surface area contributed by atoms with E-state index in [4.69, 9.17) is 15.2 Å². The average molecular weight is 579 g/mol. The smallest absolute Gasteiger partial charge is 0.190 e. The lowest BCUT2D eigenvalue weighted by atomic mass is 9.99.